The van der Waals surface area contributed by atoms with Crippen LogP contribution in [0.15, 0.2) is 24.4 Å². The number of hydrogen-bond donors (Lipinski definition) is 1. The van der Waals surface area contributed by atoms with Crippen LogP contribution in [-0.4, -0.2) is 20.7 Å². The maximum absolute atomic E-state index is 13.5. The highest BCUT2D eigenvalue weighted by Crippen LogP contribution is 2.37. The lowest BCUT2D eigenvalue weighted by Crippen LogP contribution is -2.21. The molecule has 164 valence electrons. The van der Waals surface area contributed by atoms with Gasteiger partial charge in [0.25, 0.3) is 12.3 Å². The van der Waals surface area contributed by atoms with Gasteiger partial charge >= 0.3 is 6.18 Å². The number of carbonyl (C=O) groups is 1. The summed E-state index contributed by atoms with van der Waals surface area (Å²) >= 11 is 0. The van der Waals surface area contributed by atoms with E-state index >= 15 is 0 Å². The van der Waals surface area contributed by atoms with Gasteiger partial charge in [0.05, 0.1) is 11.7 Å². The van der Waals surface area contributed by atoms with Gasteiger partial charge in [0.1, 0.15) is 11.4 Å². The van der Waals surface area contributed by atoms with Crippen LogP contribution in [0.5, 0.6) is 0 Å². The van der Waals surface area contributed by atoms with Crippen molar-refractivity contribution in [3.05, 3.63) is 41.5 Å². The highest BCUT2D eigenvalue weighted by molar-refractivity contribution is 6.03. The summed E-state index contributed by atoms with van der Waals surface area (Å²) in [6.45, 7) is 4.31. The average Bonchev–Trinajstić information content (AvgIpc) is 3.11. The van der Waals surface area contributed by atoms with E-state index in [1.54, 1.807) is 0 Å². The lowest BCUT2D eigenvalue weighted by atomic mass is 9.80. The van der Waals surface area contributed by atoms with Crippen LogP contribution in [0.1, 0.15) is 73.9 Å². The largest absolute Gasteiger partial charge is 0.433 e. The Morgan fingerprint density at radius 2 is 1.83 bits per heavy atom. The third kappa shape index (κ3) is 4.96. The third-order valence-corrected chi connectivity index (χ3v) is 5.55. The summed E-state index contributed by atoms with van der Waals surface area (Å²) < 4.78 is 66.8. The second kappa shape index (κ2) is 8.69. The Morgan fingerprint density at radius 3 is 2.40 bits per heavy atom. The van der Waals surface area contributed by atoms with Crippen molar-refractivity contribution in [1.82, 2.24) is 14.8 Å². The van der Waals surface area contributed by atoms with Gasteiger partial charge in [0.15, 0.2) is 5.69 Å². The van der Waals surface area contributed by atoms with Crippen LogP contribution in [0, 0.1) is 11.8 Å². The summed E-state index contributed by atoms with van der Waals surface area (Å²) in [6, 6.07) is 2.79. The van der Waals surface area contributed by atoms with E-state index in [1.165, 1.54) is 10.9 Å². The van der Waals surface area contributed by atoms with Gasteiger partial charge in [-0.15, -0.1) is 0 Å². The molecule has 0 aromatic carbocycles. The van der Waals surface area contributed by atoms with Crippen LogP contribution in [0.2, 0.25) is 0 Å². The first-order valence-electron chi connectivity index (χ1n) is 9.79. The molecule has 10 heteroatoms. The topological polar surface area (TPSA) is 59.8 Å². The van der Waals surface area contributed by atoms with Crippen LogP contribution >= 0.6 is 0 Å². The van der Waals surface area contributed by atoms with Crippen LogP contribution < -0.4 is 5.32 Å². The lowest BCUT2D eigenvalue weighted by molar-refractivity contribution is -0.141. The van der Waals surface area contributed by atoms with Crippen molar-refractivity contribution >= 4 is 11.6 Å². The number of hydrogen-bond acceptors (Lipinski definition) is 3. The van der Waals surface area contributed by atoms with E-state index in [0.29, 0.717) is 11.8 Å². The van der Waals surface area contributed by atoms with Crippen molar-refractivity contribution in [2.75, 3.05) is 5.32 Å². The van der Waals surface area contributed by atoms with E-state index in [0.717, 1.165) is 43.9 Å². The smallest absolute Gasteiger partial charge is 0.318 e. The zero-order chi connectivity index (χ0) is 22.1. The van der Waals surface area contributed by atoms with E-state index in [1.807, 2.05) is 0 Å². The number of anilines is 1. The molecular formula is C20H23F5N4O. The molecule has 0 bridgehead atoms. The predicted molar refractivity (Wildman–Crippen MR) is 100 cm³/mol. The third-order valence-electron chi connectivity index (χ3n) is 5.55. The Bertz CT molecular complexity index is 886. The molecule has 1 aliphatic carbocycles. The number of alkyl halides is 5. The highest BCUT2D eigenvalue weighted by Gasteiger charge is 2.33. The minimum Gasteiger partial charge on any atom is -0.318 e. The van der Waals surface area contributed by atoms with Crippen molar-refractivity contribution < 1.29 is 26.7 Å². The van der Waals surface area contributed by atoms with Gasteiger partial charge in [-0.2, -0.15) is 18.3 Å². The predicted octanol–water partition coefficient (Wildman–Crippen LogP) is 5.87. The molecule has 1 saturated carbocycles. The van der Waals surface area contributed by atoms with E-state index in [2.05, 4.69) is 29.2 Å². The molecule has 1 amide bonds. The SMILES string of the molecule is CC(C)[C@H]1CC[C@H](n2cc(NC(=O)c3cccc(C(F)(F)F)n3)c(C(F)F)n2)CC1. The highest BCUT2D eigenvalue weighted by atomic mass is 19.4. The van der Waals surface area contributed by atoms with Gasteiger partial charge in [0, 0.05) is 6.20 Å². The van der Waals surface area contributed by atoms with Crippen LogP contribution in [-0.2, 0) is 6.18 Å². The number of pyridine rings is 1. The summed E-state index contributed by atoms with van der Waals surface area (Å²) in [7, 11) is 0. The fourth-order valence-electron chi connectivity index (χ4n) is 3.79. The van der Waals surface area contributed by atoms with Crippen LogP contribution in [0.3, 0.4) is 0 Å². The minimum atomic E-state index is -4.72. The van der Waals surface area contributed by atoms with Crippen LogP contribution in [0.4, 0.5) is 27.6 Å². The van der Waals surface area contributed by atoms with E-state index < -0.39 is 35.6 Å². The number of aromatic nitrogens is 3. The van der Waals surface area contributed by atoms with Gasteiger partial charge in [-0.25, -0.2) is 13.8 Å². The molecule has 0 radical (unpaired) electrons. The Kier molecular flexibility index (Phi) is 6.42. The van der Waals surface area contributed by atoms with E-state index in [-0.39, 0.29) is 11.7 Å². The molecule has 30 heavy (non-hydrogen) atoms. The number of halogens is 5. The fourth-order valence-corrected chi connectivity index (χ4v) is 3.79. The molecular weight excluding hydrogens is 407 g/mol. The molecule has 1 aliphatic rings. The molecule has 0 atom stereocenters. The van der Waals surface area contributed by atoms with Crippen LogP contribution in [0.25, 0.3) is 0 Å². The summed E-state index contributed by atoms with van der Waals surface area (Å²) in [6.07, 6.45) is -2.84. The molecule has 0 unspecified atom stereocenters. The maximum atomic E-state index is 13.5. The minimum absolute atomic E-state index is 0.0603. The Hall–Kier alpha value is -2.52. The Labute approximate surface area is 170 Å². The molecule has 1 N–H and O–H groups in total. The fraction of sp³-hybridized carbons (Fsp3) is 0.550. The molecule has 1 fully saturated rings. The van der Waals surface area contributed by atoms with E-state index in [4.69, 9.17) is 0 Å². The molecule has 2 aromatic heterocycles. The summed E-state index contributed by atoms with van der Waals surface area (Å²) in [5, 5.41) is 6.20. The first-order valence-corrected chi connectivity index (χ1v) is 9.79. The Morgan fingerprint density at radius 1 is 1.17 bits per heavy atom. The van der Waals surface area contributed by atoms with Gasteiger partial charge in [0.2, 0.25) is 0 Å². The number of nitrogens with zero attached hydrogens (tertiary/aromatic N) is 3. The second-order valence-corrected chi connectivity index (χ2v) is 7.88. The molecule has 0 aliphatic heterocycles. The normalized spacial score (nSPS) is 20.0. The number of rotatable bonds is 5. The van der Waals surface area contributed by atoms with Gasteiger partial charge < -0.3 is 5.32 Å². The molecule has 2 aromatic rings. The lowest BCUT2D eigenvalue weighted by Gasteiger charge is -2.30. The van der Waals surface area contributed by atoms with Gasteiger partial charge in [-0.1, -0.05) is 19.9 Å². The average molecular weight is 430 g/mol. The quantitative estimate of drug-likeness (QED) is 0.603. The zero-order valence-electron chi connectivity index (χ0n) is 16.6. The zero-order valence-corrected chi connectivity index (χ0v) is 16.6. The molecule has 3 rings (SSSR count). The number of nitrogens with one attached hydrogen (secondary N) is 1. The van der Waals surface area contributed by atoms with E-state index in [9.17, 15) is 26.7 Å². The summed E-state index contributed by atoms with van der Waals surface area (Å²) in [4.78, 5) is 15.6. The van der Waals surface area contributed by atoms with Gasteiger partial charge in [-0.05, 0) is 49.7 Å². The van der Waals surface area contributed by atoms with Crippen molar-refractivity contribution in [2.45, 2.75) is 58.2 Å². The molecule has 0 spiro atoms. The first-order chi connectivity index (χ1) is 14.1. The molecule has 0 saturated heterocycles. The van der Waals surface area contributed by atoms with Crippen molar-refractivity contribution in [1.29, 1.82) is 0 Å². The number of amides is 1. The Balaban J connectivity index is 1.78. The second-order valence-electron chi connectivity index (χ2n) is 7.88. The van der Waals surface area contributed by atoms with Gasteiger partial charge in [-0.3, -0.25) is 9.48 Å². The summed E-state index contributed by atoms with van der Waals surface area (Å²) in [5.74, 6) is 0.124. The maximum Gasteiger partial charge on any atom is 0.433 e. The standard InChI is InChI=1S/C20H23F5N4O/c1-11(2)12-6-8-13(9-7-12)29-10-15(17(28-29)18(21)22)27-19(30)14-4-3-5-16(26-14)20(23,24)25/h3-5,10-13,18H,6-9H2,1-2H3,(H,27,30)/t12-,13-. The monoisotopic (exact) mass is 430 g/mol. The van der Waals surface area contributed by atoms with Crippen molar-refractivity contribution in [2.24, 2.45) is 11.8 Å². The number of carbonyl (C=O) groups excluding carboxylic acids is 1. The first kappa shape index (κ1) is 22.2. The summed E-state index contributed by atoms with van der Waals surface area (Å²) in [5.41, 5.74) is -2.58. The molecule has 5 nitrogen and oxygen atoms in total. The molecule has 2 heterocycles. The van der Waals surface area contributed by atoms with Crippen molar-refractivity contribution in [3.63, 3.8) is 0 Å². The van der Waals surface area contributed by atoms with Crippen molar-refractivity contribution in [3.8, 4) is 0 Å².